The van der Waals surface area contributed by atoms with Gasteiger partial charge >= 0.3 is 0 Å². The minimum Gasteiger partial charge on any atom is -0.482 e. The van der Waals surface area contributed by atoms with Crippen molar-refractivity contribution in [1.29, 1.82) is 0 Å². The molecule has 0 unspecified atom stereocenters. The fraction of sp³-hybridized carbons (Fsp3) is 0.263. The third-order valence-corrected chi connectivity index (χ3v) is 5.11. The molecule has 1 heterocycles. The van der Waals surface area contributed by atoms with Crippen LogP contribution in [-0.2, 0) is 15.3 Å². The lowest BCUT2D eigenvalue weighted by Gasteiger charge is -2.28. The van der Waals surface area contributed by atoms with E-state index < -0.39 is 10.8 Å². The van der Waals surface area contributed by atoms with Gasteiger partial charge in [0, 0.05) is 30.2 Å². The van der Waals surface area contributed by atoms with Gasteiger partial charge in [0.25, 0.3) is 11.6 Å². The maximum Gasteiger partial charge on any atom is 0.271 e. The molecule has 1 aliphatic rings. The van der Waals surface area contributed by atoms with Gasteiger partial charge in [-0.1, -0.05) is 30.3 Å². The van der Waals surface area contributed by atoms with E-state index in [-0.39, 0.29) is 30.4 Å². The molecule has 0 radical (unpaired) electrons. The highest BCUT2D eigenvalue weighted by molar-refractivity contribution is 7.98. The van der Waals surface area contributed by atoms with Crippen molar-refractivity contribution in [3.05, 3.63) is 64.2 Å². The molecular weight excluding hydrogens is 382 g/mol. The van der Waals surface area contributed by atoms with Gasteiger partial charge in [-0.2, -0.15) is 11.8 Å². The number of nitro benzene ring substituents is 1. The average molecular weight is 401 g/mol. The lowest BCUT2D eigenvalue weighted by Crippen LogP contribution is -2.45. The highest BCUT2D eigenvalue weighted by atomic mass is 32.2. The zero-order chi connectivity index (χ0) is 19.9. The van der Waals surface area contributed by atoms with Crippen molar-refractivity contribution in [2.75, 3.05) is 30.3 Å². The second-order valence-corrected chi connectivity index (χ2v) is 7.17. The number of hydrogen-bond acceptors (Lipinski definition) is 6. The first kappa shape index (κ1) is 19.7. The number of amides is 2. The van der Waals surface area contributed by atoms with Crippen LogP contribution in [0.5, 0.6) is 5.75 Å². The van der Waals surface area contributed by atoms with Crippen LogP contribution in [-0.4, -0.2) is 42.2 Å². The first-order chi connectivity index (χ1) is 13.5. The third-order valence-electron chi connectivity index (χ3n) is 4.08. The SMILES string of the molecule is O=C(CN1C(=O)COc2ccc([N+](=O)[O-])cc21)NCCSCc1ccccc1. The number of ether oxygens (including phenoxy) is 1. The van der Waals surface area contributed by atoms with Gasteiger partial charge in [-0.05, 0) is 11.6 Å². The molecule has 0 fully saturated rings. The maximum absolute atomic E-state index is 12.2. The van der Waals surface area contributed by atoms with Crippen LogP contribution >= 0.6 is 11.8 Å². The Labute approximate surface area is 166 Å². The lowest BCUT2D eigenvalue weighted by atomic mass is 10.2. The summed E-state index contributed by atoms with van der Waals surface area (Å²) in [6.07, 6.45) is 0. The Morgan fingerprint density at radius 2 is 2.04 bits per heavy atom. The molecule has 0 aliphatic carbocycles. The van der Waals surface area contributed by atoms with E-state index in [0.717, 1.165) is 11.5 Å². The summed E-state index contributed by atoms with van der Waals surface area (Å²) in [6, 6.07) is 14.0. The van der Waals surface area contributed by atoms with Crippen molar-refractivity contribution in [3.63, 3.8) is 0 Å². The number of hydrogen-bond donors (Lipinski definition) is 1. The number of nitro groups is 1. The van der Waals surface area contributed by atoms with Crippen molar-refractivity contribution >= 4 is 35.0 Å². The van der Waals surface area contributed by atoms with Crippen LogP contribution in [0.25, 0.3) is 0 Å². The predicted molar refractivity (Wildman–Crippen MR) is 107 cm³/mol. The van der Waals surface area contributed by atoms with Crippen molar-refractivity contribution in [2.24, 2.45) is 0 Å². The number of nitrogens with zero attached hydrogens (tertiary/aromatic N) is 2. The molecule has 1 N–H and O–H groups in total. The summed E-state index contributed by atoms with van der Waals surface area (Å²) in [5.74, 6) is 1.20. The van der Waals surface area contributed by atoms with Gasteiger partial charge in [0.15, 0.2) is 6.61 Å². The summed E-state index contributed by atoms with van der Waals surface area (Å²) in [7, 11) is 0. The number of carbonyl (C=O) groups excluding carboxylic acids is 2. The highest BCUT2D eigenvalue weighted by Crippen LogP contribution is 2.35. The number of nitrogens with one attached hydrogen (secondary N) is 1. The highest BCUT2D eigenvalue weighted by Gasteiger charge is 2.29. The van der Waals surface area contributed by atoms with Crippen molar-refractivity contribution in [1.82, 2.24) is 5.32 Å². The van der Waals surface area contributed by atoms with Gasteiger partial charge in [-0.3, -0.25) is 24.6 Å². The smallest absolute Gasteiger partial charge is 0.271 e. The number of benzene rings is 2. The van der Waals surface area contributed by atoms with Gasteiger partial charge in [-0.15, -0.1) is 0 Å². The van der Waals surface area contributed by atoms with E-state index in [1.54, 1.807) is 11.8 Å². The standard InChI is InChI=1S/C19H19N3O5S/c23-18(20-8-9-28-13-14-4-2-1-3-5-14)11-21-16-10-15(22(25)26)6-7-17(16)27-12-19(21)24/h1-7,10H,8-9,11-13H2,(H,20,23). The number of rotatable bonds is 8. The monoisotopic (exact) mass is 401 g/mol. The Balaban J connectivity index is 1.51. The molecule has 0 spiro atoms. The topological polar surface area (TPSA) is 102 Å². The minimum absolute atomic E-state index is 0.167. The van der Waals surface area contributed by atoms with Crippen LogP contribution in [0.15, 0.2) is 48.5 Å². The second-order valence-electron chi connectivity index (χ2n) is 6.07. The molecule has 28 heavy (non-hydrogen) atoms. The Morgan fingerprint density at radius 3 is 2.79 bits per heavy atom. The fourth-order valence-corrected chi connectivity index (χ4v) is 3.52. The van der Waals surface area contributed by atoms with Gasteiger partial charge in [0.2, 0.25) is 5.91 Å². The van der Waals surface area contributed by atoms with Gasteiger partial charge in [0.05, 0.1) is 10.6 Å². The molecule has 0 saturated heterocycles. The molecule has 3 rings (SSSR count). The summed E-state index contributed by atoms with van der Waals surface area (Å²) in [5, 5.41) is 13.8. The zero-order valence-corrected chi connectivity index (χ0v) is 15.8. The fourth-order valence-electron chi connectivity index (χ4n) is 2.70. The zero-order valence-electron chi connectivity index (χ0n) is 15.0. The summed E-state index contributed by atoms with van der Waals surface area (Å²) in [4.78, 5) is 36.0. The van der Waals surface area contributed by atoms with Crippen molar-refractivity contribution in [2.45, 2.75) is 5.75 Å². The molecule has 0 atom stereocenters. The molecule has 2 aromatic carbocycles. The van der Waals surface area contributed by atoms with Gasteiger partial charge < -0.3 is 10.1 Å². The third kappa shape index (κ3) is 5.01. The summed E-state index contributed by atoms with van der Waals surface area (Å²) < 4.78 is 5.29. The lowest BCUT2D eigenvalue weighted by molar-refractivity contribution is -0.384. The Hall–Kier alpha value is -3.07. The Bertz CT molecular complexity index is 875. The number of anilines is 1. The molecule has 0 aromatic heterocycles. The molecule has 0 bridgehead atoms. The summed E-state index contributed by atoms with van der Waals surface area (Å²) >= 11 is 1.70. The molecule has 0 saturated carbocycles. The first-order valence-electron chi connectivity index (χ1n) is 8.64. The molecule has 9 heteroatoms. The quantitative estimate of drug-likeness (QED) is 0.414. The molecule has 2 amide bonds. The normalized spacial score (nSPS) is 12.9. The Morgan fingerprint density at radius 1 is 1.25 bits per heavy atom. The number of fused-ring (bicyclic) bond motifs is 1. The van der Waals surface area contributed by atoms with E-state index in [0.29, 0.717) is 12.3 Å². The number of non-ortho nitro benzene ring substituents is 1. The largest absolute Gasteiger partial charge is 0.482 e. The van der Waals surface area contributed by atoms with Crippen LogP contribution in [0.4, 0.5) is 11.4 Å². The van der Waals surface area contributed by atoms with E-state index >= 15 is 0 Å². The van der Waals surface area contributed by atoms with Crippen LogP contribution in [0.1, 0.15) is 5.56 Å². The van der Waals surface area contributed by atoms with Crippen LogP contribution in [0.2, 0.25) is 0 Å². The number of carbonyl (C=O) groups is 2. The van der Waals surface area contributed by atoms with Crippen LogP contribution < -0.4 is 15.0 Å². The van der Waals surface area contributed by atoms with Gasteiger partial charge in [-0.25, -0.2) is 0 Å². The Kier molecular flexibility index (Phi) is 6.49. The van der Waals surface area contributed by atoms with E-state index in [4.69, 9.17) is 4.74 Å². The molecule has 8 nitrogen and oxygen atoms in total. The van der Waals surface area contributed by atoms with Crippen molar-refractivity contribution < 1.29 is 19.2 Å². The van der Waals surface area contributed by atoms with Gasteiger partial charge in [0.1, 0.15) is 12.3 Å². The summed E-state index contributed by atoms with van der Waals surface area (Å²) in [5.41, 5.74) is 1.29. The summed E-state index contributed by atoms with van der Waals surface area (Å²) in [6.45, 7) is 0.0569. The molecule has 146 valence electrons. The van der Waals surface area contributed by atoms with E-state index in [9.17, 15) is 19.7 Å². The maximum atomic E-state index is 12.2. The van der Waals surface area contributed by atoms with Crippen LogP contribution in [0.3, 0.4) is 0 Å². The van der Waals surface area contributed by atoms with Crippen LogP contribution in [0, 0.1) is 10.1 Å². The predicted octanol–water partition coefficient (Wildman–Crippen LogP) is 2.37. The van der Waals surface area contributed by atoms with E-state index in [1.807, 2.05) is 30.3 Å². The minimum atomic E-state index is -0.554. The van der Waals surface area contributed by atoms with Crippen molar-refractivity contribution in [3.8, 4) is 5.75 Å². The molecule has 1 aliphatic heterocycles. The van der Waals surface area contributed by atoms with E-state index in [2.05, 4.69) is 5.32 Å². The second kappa shape index (κ2) is 9.23. The number of thioether (sulfide) groups is 1. The van der Waals surface area contributed by atoms with E-state index in [1.165, 1.54) is 28.7 Å². The molecule has 2 aromatic rings. The molecular formula is C19H19N3O5S. The average Bonchev–Trinajstić information content (AvgIpc) is 2.70. The first-order valence-corrected chi connectivity index (χ1v) is 9.80.